The summed E-state index contributed by atoms with van der Waals surface area (Å²) >= 11 is 0. The number of nitrogens with two attached hydrogens (primary N) is 1. The number of nitrogens with zero attached hydrogens (tertiary/aromatic N) is 2. The molecule has 4 N–H and O–H groups in total. The molecule has 2 fully saturated rings. The van der Waals surface area contributed by atoms with Crippen molar-refractivity contribution < 1.29 is 9.53 Å². The molecule has 3 rings (SSSR count). The molecule has 1 aliphatic heterocycles. The third-order valence-corrected chi connectivity index (χ3v) is 3.81. The van der Waals surface area contributed by atoms with E-state index in [2.05, 4.69) is 20.5 Å². The van der Waals surface area contributed by atoms with Gasteiger partial charge in [-0.05, 0) is 6.42 Å². The van der Waals surface area contributed by atoms with Crippen LogP contribution in [-0.4, -0.2) is 45.9 Å². The number of aromatic amines is 1. The summed E-state index contributed by atoms with van der Waals surface area (Å²) in [6, 6.07) is -0.139. The monoisotopic (exact) mass is 251 g/mol. The first-order valence-electron chi connectivity index (χ1n) is 6.30. The number of H-pyrrole nitrogens is 1. The second-order valence-corrected chi connectivity index (χ2v) is 4.82. The zero-order valence-electron chi connectivity index (χ0n) is 10.2. The van der Waals surface area contributed by atoms with Crippen molar-refractivity contribution in [1.82, 2.24) is 20.5 Å². The molecule has 98 valence electrons. The van der Waals surface area contributed by atoms with Crippen molar-refractivity contribution >= 4 is 5.91 Å². The minimum Gasteiger partial charge on any atom is -0.376 e. The molecule has 1 aromatic heterocycles. The van der Waals surface area contributed by atoms with E-state index in [-0.39, 0.29) is 29.9 Å². The summed E-state index contributed by atoms with van der Waals surface area (Å²) in [6.07, 6.45) is 1.77. The smallest absolute Gasteiger partial charge is 0.291 e. The van der Waals surface area contributed by atoms with Crippen LogP contribution >= 0.6 is 0 Å². The maximum absolute atomic E-state index is 11.9. The minimum atomic E-state index is -0.291. The number of aryl methyl sites for hydroxylation is 1. The number of carbonyl (C=O) groups is 1. The molecule has 0 radical (unpaired) electrons. The van der Waals surface area contributed by atoms with Crippen LogP contribution in [0.5, 0.6) is 0 Å². The summed E-state index contributed by atoms with van der Waals surface area (Å²) in [5.74, 6) is 0.961. The quantitative estimate of drug-likeness (QED) is 0.653. The molecule has 1 saturated carbocycles. The number of nitrogens with one attached hydrogen (secondary N) is 2. The highest BCUT2D eigenvalue weighted by Gasteiger charge is 2.52. The largest absolute Gasteiger partial charge is 0.376 e. The van der Waals surface area contributed by atoms with Crippen molar-refractivity contribution in [2.75, 3.05) is 6.61 Å². The Bertz CT molecular complexity index is 460. The number of aromatic nitrogens is 3. The van der Waals surface area contributed by atoms with Crippen molar-refractivity contribution in [2.45, 2.75) is 38.0 Å². The van der Waals surface area contributed by atoms with E-state index in [1.54, 1.807) is 0 Å². The highest BCUT2D eigenvalue weighted by Crippen LogP contribution is 2.37. The summed E-state index contributed by atoms with van der Waals surface area (Å²) in [4.78, 5) is 16.0. The average molecular weight is 251 g/mol. The maximum Gasteiger partial charge on any atom is 0.291 e. The molecule has 0 bridgehead atoms. The second-order valence-electron chi connectivity index (χ2n) is 4.82. The first kappa shape index (κ1) is 11.6. The Morgan fingerprint density at radius 3 is 3.22 bits per heavy atom. The predicted octanol–water partition coefficient (Wildman–Crippen LogP) is -0.788. The van der Waals surface area contributed by atoms with E-state index in [4.69, 9.17) is 10.5 Å². The molecule has 4 unspecified atom stereocenters. The topological polar surface area (TPSA) is 106 Å². The summed E-state index contributed by atoms with van der Waals surface area (Å²) in [5, 5.41) is 9.46. The Hall–Kier alpha value is -1.47. The van der Waals surface area contributed by atoms with E-state index in [9.17, 15) is 4.79 Å². The number of amides is 1. The number of fused-ring (bicyclic) bond motifs is 1. The van der Waals surface area contributed by atoms with Crippen molar-refractivity contribution in [3.05, 3.63) is 11.6 Å². The van der Waals surface area contributed by atoms with Gasteiger partial charge in [-0.3, -0.25) is 9.89 Å². The summed E-state index contributed by atoms with van der Waals surface area (Å²) in [5.41, 5.74) is 6.02. The molecule has 1 amide bonds. The first-order chi connectivity index (χ1) is 8.70. The molecule has 1 aliphatic carbocycles. The maximum atomic E-state index is 11.9. The van der Waals surface area contributed by atoms with E-state index in [1.165, 1.54) is 0 Å². The average Bonchev–Trinajstić information content (AvgIpc) is 3.02. The molecule has 7 nitrogen and oxygen atoms in total. The van der Waals surface area contributed by atoms with Crippen LogP contribution in [0.2, 0.25) is 0 Å². The molecular weight excluding hydrogens is 234 g/mol. The molecule has 18 heavy (non-hydrogen) atoms. The van der Waals surface area contributed by atoms with Gasteiger partial charge in [0, 0.05) is 25.0 Å². The van der Waals surface area contributed by atoms with Gasteiger partial charge in [-0.15, -0.1) is 5.10 Å². The van der Waals surface area contributed by atoms with E-state index in [0.29, 0.717) is 11.7 Å². The lowest BCUT2D eigenvalue weighted by Crippen LogP contribution is -2.69. The Balaban J connectivity index is 1.64. The fourth-order valence-electron chi connectivity index (χ4n) is 2.70. The van der Waals surface area contributed by atoms with E-state index in [1.807, 2.05) is 6.92 Å². The van der Waals surface area contributed by atoms with E-state index in [0.717, 1.165) is 19.4 Å². The molecule has 7 heteroatoms. The zero-order chi connectivity index (χ0) is 12.7. The SMILES string of the molecule is CCc1nc(C(=O)NC2C(N)C3CCOC32)n[nH]1. The lowest BCUT2D eigenvalue weighted by Gasteiger charge is -2.45. The van der Waals surface area contributed by atoms with Gasteiger partial charge in [0.15, 0.2) is 0 Å². The Morgan fingerprint density at radius 2 is 2.50 bits per heavy atom. The Kier molecular flexibility index (Phi) is 2.79. The van der Waals surface area contributed by atoms with Gasteiger partial charge in [-0.1, -0.05) is 6.92 Å². The standard InChI is InChI=1S/C11H17N5O2/c1-2-6-13-10(16-15-6)11(17)14-8-7(12)5-3-4-18-9(5)8/h5,7-9H,2-4,12H2,1H3,(H,14,17)(H,13,15,16). The molecule has 1 aromatic rings. The van der Waals surface area contributed by atoms with Gasteiger partial charge in [0.05, 0.1) is 12.1 Å². The van der Waals surface area contributed by atoms with Crippen molar-refractivity contribution in [3.8, 4) is 0 Å². The number of hydrogen-bond acceptors (Lipinski definition) is 5. The van der Waals surface area contributed by atoms with Crippen LogP contribution < -0.4 is 11.1 Å². The Morgan fingerprint density at radius 1 is 1.67 bits per heavy atom. The van der Waals surface area contributed by atoms with Crippen molar-refractivity contribution in [1.29, 1.82) is 0 Å². The van der Waals surface area contributed by atoms with Crippen LogP contribution in [0.15, 0.2) is 0 Å². The van der Waals surface area contributed by atoms with Crippen LogP contribution in [0.1, 0.15) is 29.8 Å². The summed E-state index contributed by atoms with van der Waals surface area (Å²) in [6.45, 7) is 2.68. The molecule has 4 atom stereocenters. The molecule has 1 saturated heterocycles. The van der Waals surface area contributed by atoms with Crippen LogP contribution in [0, 0.1) is 5.92 Å². The van der Waals surface area contributed by atoms with Crippen molar-refractivity contribution in [3.63, 3.8) is 0 Å². The first-order valence-corrected chi connectivity index (χ1v) is 6.30. The fraction of sp³-hybridized carbons (Fsp3) is 0.727. The zero-order valence-corrected chi connectivity index (χ0v) is 10.2. The molecule has 0 aromatic carbocycles. The normalized spacial score (nSPS) is 33.9. The Labute approximate surface area is 104 Å². The van der Waals surface area contributed by atoms with E-state index >= 15 is 0 Å². The van der Waals surface area contributed by atoms with Crippen LogP contribution in [0.3, 0.4) is 0 Å². The van der Waals surface area contributed by atoms with Crippen LogP contribution in [-0.2, 0) is 11.2 Å². The summed E-state index contributed by atoms with van der Waals surface area (Å²) < 4.78 is 5.55. The number of rotatable bonds is 3. The lowest BCUT2D eigenvalue weighted by molar-refractivity contribution is -0.0162. The number of hydrogen-bond donors (Lipinski definition) is 3. The van der Waals surface area contributed by atoms with E-state index < -0.39 is 0 Å². The molecule has 2 aliphatic rings. The highest BCUT2D eigenvalue weighted by molar-refractivity contribution is 5.90. The van der Waals surface area contributed by atoms with Crippen LogP contribution in [0.25, 0.3) is 0 Å². The van der Waals surface area contributed by atoms with Gasteiger partial charge >= 0.3 is 0 Å². The summed E-state index contributed by atoms with van der Waals surface area (Å²) in [7, 11) is 0. The lowest BCUT2D eigenvalue weighted by atomic mass is 9.72. The second kappa shape index (κ2) is 4.33. The predicted molar refractivity (Wildman–Crippen MR) is 62.8 cm³/mol. The third-order valence-electron chi connectivity index (χ3n) is 3.81. The van der Waals surface area contributed by atoms with Gasteiger partial charge in [0.2, 0.25) is 5.82 Å². The minimum absolute atomic E-state index is 0.0222. The van der Waals surface area contributed by atoms with Gasteiger partial charge in [0.25, 0.3) is 5.91 Å². The molecule has 2 heterocycles. The molecular formula is C11H17N5O2. The van der Waals surface area contributed by atoms with Gasteiger partial charge in [-0.2, -0.15) is 0 Å². The highest BCUT2D eigenvalue weighted by atomic mass is 16.5. The third kappa shape index (κ3) is 1.70. The number of ether oxygens (including phenoxy) is 1. The van der Waals surface area contributed by atoms with Gasteiger partial charge in [-0.25, -0.2) is 4.98 Å². The van der Waals surface area contributed by atoms with Gasteiger partial charge in [0.1, 0.15) is 5.82 Å². The van der Waals surface area contributed by atoms with Crippen LogP contribution in [0.4, 0.5) is 0 Å². The van der Waals surface area contributed by atoms with Crippen molar-refractivity contribution in [2.24, 2.45) is 11.7 Å². The number of carbonyl (C=O) groups excluding carboxylic acids is 1. The molecule has 0 spiro atoms. The fourth-order valence-corrected chi connectivity index (χ4v) is 2.70. The van der Waals surface area contributed by atoms with Gasteiger partial charge < -0.3 is 15.8 Å².